The van der Waals surface area contributed by atoms with Gasteiger partial charge in [-0.3, -0.25) is 14.5 Å². The largest absolute Gasteiger partial charge is 0.390 e. The first kappa shape index (κ1) is 24.1. The molecule has 9 heteroatoms. The Hall–Kier alpha value is -3.04. The number of likely N-dealkylation sites (tertiary alicyclic amines) is 1. The van der Waals surface area contributed by atoms with Gasteiger partial charge in [-0.15, -0.1) is 0 Å². The van der Waals surface area contributed by atoms with Crippen LogP contribution in [-0.4, -0.2) is 82.1 Å². The van der Waals surface area contributed by atoms with Gasteiger partial charge in [-0.2, -0.15) is 0 Å². The van der Waals surface area contributed by atoms with Crippen molar-refractivity contribution in [3.05, 3.63) is 53.0 Å². The predicted molar refractivity (Wildman–Crippen MR) is 130 cm³/mol. The molecule has 1 aromatic heterocycles. The monoisotopic (exact) mass is 466 g/mol. The first-order chi connectivity index (χ1) is 16.2. The number of hydrogen-bond acceptors (Lipinski definition) is 7. The first-order valence-electron chi connectivity index (χ1n) is 11.8. The number of β-amino-alcohol motifs (C(OH)–C–C–N with tert-alkyl or cyclic N) is 1. The predicted octanol–water partition coefficient (Wildman–Crippen LogP) is 1.18. The summed E-state index contributed by atoms with van der Waals surface area (Å²) < 4.78 is 0. The first-order valence-corrected chi connectivity index (χ1v) is 11.8. The molecule has 2 aliphatic rings. The van der Waals surface area contributed by atoms with Crippen LogP contribution >= 0.6 is 0 Å². The van der Waals surface area contributed by atoms with Crippen molar-refractivity contribution in [1.29, 1.82) is 0 Å². The molecule has 0 bridgehead atoms. The quantitative estimate of drug-likeness (QED) is 0.501. The summed E-state index contributed by atoms with van der Waals surface area (Å²) in [5, 5.41) is 16.7. The zero-order chi connectivity index (χ0) is 24.3. The Morgan fingerprint density at radius 2 is 1.97 bits per heavy atom. The van der Waals surface area contributed by atoms with E-state index in [0.717, 1.165) is 25.9 Å². The van der Waals surface area contributed by atoms with E-state index in [-0.39, 0.29) is 29.6 Å². The molecule has 3 N–H and O–H groups in total. The van der Waals surface area contributed by atoms with Gasteiger partial charge in [-0.05, 0) is 17.5 Å². The van der Waals surface area contributed by atoms with Crippen LogP contribution in [-0.2, 0) is 23.2 Å². The van der Waals surface area contributed by atoms with Crippen LogP contribution in [0.4, 0.5) is 5.82 Å². The number of amides is 2. The van der Waals surface area contributed by atoms with E-state index in [4.69, 9.17) is 0 Å². The van der Waals surface area contributed by atoms with Crippen LogP contribution in [0, 0.1) is 0 Å². The number of carbonyl (C=O) groups is 2. The van der Waals surface area contributed by atoms with E-state index >= 15 is 0 Å². The average molecular weight is 467 g/mol. The zero-order valence-electron chi connectivity index (χ0n) is 20.1. The van der Waals surface area contributed by atoms with Crippen LogP contribution in [0.15, 0.2) is 30.3 Å². The molecule has 0 saturated carbocycles. The Labute approximate surface area is 200 Å². The molecule has 1 atom stereocenters. The van der Waals surface area contributed by atoms with E-state index in [1.165, 1.54) is 11.1 Å². The molecule has 0 radical (unpaired) electrons. The molecule has 9 nitrogen and oxygen atoms in total. The van der Waals surface area contributed by atoms with Gasteiger partial charge in [0.05, 0.1) is 12.1 Å². The van der Waals surface area contributed by atoms with Crippen LogP contribution in [0.5, 0.6) is 0 Å². The van der Waals surface area contributed by atoms with Gasteiger partial charge in [0.25, 0.3) is 5.91 Å². The van der Waals surface area contributed by atoms with E-state index < -0.39 is 6.10 Å². The number of hydrogen-bond donors (Lipinski definition) is 3. The third kappa shape index (κ3) is 5.90. The molecule has 0 spiro atoms. The highest BCUT2D eigenvalue weighted by Gasteiger charge is 2.27. The fourth-order valence-electron chi connectivity index (χ4n) is 4.25. The summed E-state index contributed by atoms with van der Waals surface area (Å²) in [6, 6.07) is 10.1. The maximum atomic E-state index is 12.9. The summed E-state index contributed by atoms with van der Waals surface area (Å²) in [7, 11) is 0. The smallest absolute Gasteiger partial charge is 0.270 e. The number of benzene rings is 1. The summed E-state index contributed by atoms with van der Waals surface area (Å²) in [6.45, 7) is 9.52. The molecule has 3 heterocycles. The van der Waals surface area contributed by atoms with Gasteiger partial charge in [-0.25, -0.2) is 9.97 Å². The summed E-state index contributed by atoms with van der Waals surface area (Å²) in [5.74, 6) is 0.775. The Kier molecular flexibility index (Phi) is 7.13. The van der Waals surface area contributed by atoms with E-state index in [2.05, 4.69) is 43.7 Å². The number of anilines is 1. The van der Waals surface area contributed by atoms with Crippen molar-refractivity contribution in [2.75, 3.05) is 38.0 Å². The molecular weight excluding hydrogens is 432 g/mol. The maximum absolute atomic E-state index is 12.9. The van der Waals surface area contributed by atoms with Crippen LogP contribution in [0.3, 0.4) is 0 Å². The summed E-state index contributed by atoms with van der Waals surface area (Å²) in [6.07, 6.45) is 1.11. The summed E-state index contributed by atoms with van der Waals surface area (Å²) in [4.78, 5) is 36.7. The normalized spacial score (nSPS) is 17.5. The number of rotatable bonds is 8. The topological polar surface area (TPSA) is 111 Å². The number of aromatic nitrogens is 2. The zero-order valence-corrected chi connectivity index (χ0v) is 20.1. The number of fused-ring (bicyclic) bond motifs is 1. The van der Waals surface area contributed by atoms with Crippen LogP contribution < -0.4 is 10.6 Å². The third-order valence-corrected chi connectivity index (χ3v) is 6.22. The van der Waals surface area contributed by atoms with Crippen molar-refractivity contribution in [2.45, 2.75) is 51.3 Å². The Bertz CT molecular complexity index is 1030. The lowest BCUT2D eigenvalue weighted by Crippen LogP contribution is -2.54. The highest BCUT2D eigenvalue weighted by atomic mass is 16.3. The summed E-state index contributed by atoms with van der Waals surface area (Å²) in [5.41, 5.74) is 2.58. The number of carbonyl (C=O) groups excluding carboxylic acids is 2. The van der Waals surface area contributed by atoms with Crippen molar-refractivity contribution in [1.82, 2.24) is 25.1 Å². The molecule has 2 amide bonds. The Balaban J connectivity index is 1.35. The number of nitrogens with zero attached hydrogens (tertiary/aromatic N) is 4. The van der Waals surface area contributed by atoms with Gasteiger partial charge in [0, 0.05) is 50.7 Å². The molecule has 1 fully saturated rings. The summed E-state index contributed by atoms with van der Waals surface area (Å²) >= 11 is 0. The van der Waals surface area contributed by atoms with Crippen LogP contribution in [0.2, 0.25) is 0 Å². The third-order valence-electron chi connectivity index (χ3n) is 6.22. The molecule has 0 aliphatic carbocycles. The maximum Gasteiger partial charge on any atom is 0.270 e. The molecule has 1 unspecified atom stereocenters. The number of aliphatic hydroxyl groups excluding tert-OH is 1. The number of aliphatic hydroxyl groups is 1. The molecule has 2 aromatic rings. The lowest BCUT2D eigenvalue weighted by atomic mass is 9.95. The molecule has 1 aromatic carbocycles. The Morgan fingerprint density at radius 1 is 1.24 bits per heavy atom. The van der Waals surface area contributed by atoms with E-state index in [1.807, 2.05) is 26.8 Å². The standard InChI is InChI=1S/C25H34N6O3/c1-25(2,3)24-28-21(10-22(29-24)27-19-13-31(14-19)16-32)23(34)26-11-20(33)15-30-9-8-17-6-4-5-7-18(17)12-30/h4-7,10,16,19-20,33H,8-9,11-15H2,1-3H3,(H,26,34)(H,27,28,29). The molecular formula is C25H34N6O3. The highest BCUT2D eigenvalue weighted by Crippen LogP contribution is 2.22. The van der Waals surface area contributed by atoms with Crippen molar-refractivity contribution in [3.63, 3.8) is 0 Å². The van der Waals surface area contributed by atoms with Gasteiger partial charge in [-0.1, -0.05) is 45.0 Å². The van der Waals surface area contributed by atoms with E-state index in [0.29, 0.717) is 31.3 Å². The van der Waals surface area contributed by atoms with Gasteiger partial charge < -0.3 is 20.6 Å². The molecule has 4 rings (SSSR count). The van der Waals surface area contributed by atoms with Crippen LogP contribution in [0.1, 0.15) is 48.2 Å². The van der Waals surface area contributed by atoms with Gasteiger partial charge in [0.15, 0.2) is 0 Å². The molecule has 182 valence electrons. The lowest BCUT2D eigenvalue weighted by molar-refractivity contribution is -0.121. The van der Waals surface area contributed by atoms with E-state index in [9.17, 15) is 14.7 Å². The van der Waals surface area contributed by atoms with Crippen molar-refractivity contribution in [3.8, 4) is 0 Å². The SMILES string of the molecule is CC(C)(C)c1nc(NC2CN(C=O)C2)cc(C(=O)NCC(O)CN2CCc3ccccc3C2)n1. The van der Waals surface area contributed by atoms with Gasteiger partial charge in [0.2, 0.25) is 6.41 Å². The second kappa shape index (κ2) is 10.1. The van der Waals surface area contributed by atoms with Crippen molar-refractivity contribution >= 4 is 18.1 Å². The van der Waals surface area contributed by atoms with Crippen molar-refractivity contribution in [2.24, 2.45) is 0 Å². The Morgan fingerprint density at radius 3 is 2.68 bits per heavy atom. The molecule has 2 aliphatic heterocycles. The highest BCUT2D eigenvalue weighted by molar-refractivity contribution is 5.93. The fourth-order valence-corrected chi connectivity index (χ4v) is 4.25. The second-order valence-electron chi connectivity index (χ2n) is 10.2. The molecule has 34 heavy (non-hydrogen) atoms. The second-order valence-corrected chi connectivity index (χ2v) is 10.2. The molecule has 1 saturated heterocycles. The average Bonchev–Trinajstić information content (AvgIpc) is 2.78. The van der Waals surface area contributed by atoms with Gasteiger partial charge >= 0.3 is 0 Å². The van der Waals surface area contributed by atoms with E-state index in [1.54, 1.807) is 11.0 Å². The van der Waals surface area contributed by atoms with Gasteiger partial charge in [0.1, 0.15) is 17.3 Å². The minimum absolute atomic E-state index is 0.0975. The lowest BCUT2D eigenvalue weighted by Gasteiger charge is -2.37. The minimum atomic E-state index is -0.681. The van der Waals surface area contributed by atoms with Crippen molar-refractivity contribution < 1.29 is 14.7 Å². The van der Waals surface area contributed by atoms with Crippen LogP contribution in [0.25, 0.3) is 0 Å². The minimum Gasteiger partial charge on any atom is -0.390 e. The fraction of sp³-hybridized carbons (Fsp3) is 0.520. The number of nitrogens with one attached hydrogen (secondary N) is 2.